The molecule has 0 saturated carbocycles. The smallest absolute Gasteiger partial charge is 0.278 e. The maximum Gasteiger partial charge on any atom is 0.278 e. The Morgan fingerprint density at radius 2 is 1.97 bits per heavy atom. The van der Waals surface area contributed by atoms with Crippen molar-refractivity contribution in [2.24, 2.45) is 0 Å². The summed E-state index contributed by atoms with van der Waals surface area (Å²) in [5.74, 6) is -1.82. The first-order chi connectivity index (χ1) is 17.2. The molecule has 1 fully saturated rings. The minimum atomic E-state index is -0.706. The average molecular weight is 526 g/mol. The van der Waals surface area contributed by atoms with Crippen molar-refractivity contribution in [3.63, 3.8) is 0 Å². The summed E-state index contributed by atoms with van der Waals surface area (Å²) in [6, 6.07) is 4.60. The van der Waals surface area contributed by atoms with Crippen molar-refractivity contribution in [2.45, 2.75) is 79.7 Å². The number of hydroxylamine groups is 1. The molecule has 1 atom stereocenters. The van der Waals surface area contributed by atoms with Gasteiger partial charge in [-0.1, -0.05) is 45.4 Å². The van der Waals surface area contributed by atoms with Crippen molar-refractivity contribution < 1.29 is 23.5 Å². The van der Waals surface area contributed by atoms with Gasteiger partial charge in [0.15, 0.2) is 5.79 Å². The first kappa shape index (κ1) is 29.8. The van der Waals surface area contributed by atoms with E-state index in [2.05, 4.69) is 10.8 Å². The molecular weight excluding hydrogens is 489 g/mol. The predicted octanol–water partition coefficient (Wildman–Crippen LogP) is 5.50. The molecule has 1 aromatic carbocycles. The van der Waals surface area contributed by atoms with E-state index in [1.165, 1.54) is 16.7 Å². The maximum atomic E-state index is 14.5. The molecule has 0 radical (unpaired) electrons. The number of hydrogen-bond acceptors (Lipinski definition) is 6. The fraction of sp³-hybridized carbons (Fsp3) is 0.538. The lowest BCUT2D eigenvalue weighted by Crippen LogP contribution is -2.33. The van der Waals surface area contributed by atoms with E-state index >= 15 is 0 Å². The molecule has 1 saturated heterocycles. The molecule has 4 rings (SSSR count). The van der Waals surface area contributed by atoms with Gasteiger partial charge in [0.2, 0.25) is 0 Å². The minimum absolute atomic E-state index is 0.0512. The number of amides is 1. The quantitative estimate of drug-likeness (QED) is 0.484. The van der Waals surface area contributed by atoms with Crippen LogP contribution in [-0.4, -0.2) is 35.6 Å². The van der Waals surface area contributed by atoms with E-state index in [1.54, 1.807) is 26.8 Å². The van der Waals surface area contributed by atoms with Crippen LogP contribution in [0.3, 0.4) is 0 Å². The number of pyridine rings is 1. The number of fused-ring (bicyclic) bond motifs is 1. The molecule has 1 aromatic heterocycles. The van der Waals surface area contributed by atoms with E-state index in [4.69, 9.17) is 25.9 Å². The summed E-state index contributed by atoms with van der Waals surface area (Å²) in [5, 5.41) is 2.66. The number of anilines is 2. The number of ether oxygens (including phenoxy) is 2. The monoisotopic (exact) mass is 525 g/mol. The Morgan fingerprint density at radius 3 is 2.58 bits per heavy atom. The lowest BCUT2D eigenvalue weighted by molar-refractivity contribution is -0.147. The highest BCUT2D eigenvalue weighted by molar-refractivity contribution is 6.34. The van der Waals surface area contributed by atoms with E-state index in [0.717, 1.165) is 5.56 Å². The van der Waals surface area contributed by atoms with Gasteiger partial charge >= 0.3 is 0 Å². The minimum Gasteiger partial charge on any atom is -0.351 e. The Morgan fingerprint density at radius 1 is 1.28 bits per heavy atom. The molecule has 0 bridgehead atoms. The van der Waals surface area contributed by atoms with Gasteiger partial charge < -0.3 is 19.4 Å². The van der Waals surface area contributed by atoms with Crippen molar-refractivity contribution in [2.75, 3.05) is 18.5 Å². The van der Waals surface area contributed by atoms with Crippen molar-refractivity contribution in [3.05, 3.63) is 56.2 Å². The Balaban J connectivity index is 0.00000109. The lowest BCUT2D eigenvalue weighted by Gasteiger charge is -2.19. The highest BCUT2D eigenvalue weighted by Crippen LogP contribution is 2.33. The molecular formula is C26H37ClFN3O5. The third-order valence-corrected chi connectivity index (χ3v) is 5.78. The fourth-order valence-electron chi connectivity index (χ4n) is 3.95. The number of aromatic nitrogens is 1. The molecule has 2 aliphatic rings. The Kier molecular flexibility index (Phi) is 10.9. The van der Waals surface area contributed by atoms with Crippen molar-refractivity contribution >= 4 is 28.9 Å². The highest BCUT2D eigenvalue weighted by atomic mass is 35.5. The van der Waals surface area contributed by atoms with Gasteiger partial charge in [0.05, 0.1) is 23.5 Å². The Bertz CT molecular complexity index is 1120. The van der Waals surface area contributed by atoms with Crippen molar-refractivity contribution in [1.82, 2.24) is 10.0 Å². The summed E-state index contributed by atoms with van der Waals surface area (Å²) in [4.78, 5) is 31.2. The molecule has 200 valence electrons. The number of benzene rings is 1. The SMILES string of the molecule is CC.CC.Cc1ccc(Nc2c(C(=O)NOCC3COC(C)(C)O3)c3n(c(=O)c2Cl)CCC3)c(F)c1. The van der Waals surface area contributed by atoms with E-state index in [0.29, 0.717) is 31.7 Å². The fourth-order valence-corrected chi connectivity index (χ4v) is 4.20. The number of aryl methyl sites for hydroxylation is 1. The Hall–Kier alpha value is -2.46. The summed E-state index contributed by atoms with van der Waals surface area (Å²) >= 11 is 6.35. The zero-order chi connectivity index (χ0) is 27.0. The lowest BCUT2D eigenvalue weighted by atomic mass is 10.1. The zero-order valence-electron chi connectivity index (χ0n) is 22.1. The largest absolute Gasteiger partial charge is 0.351 e. The van der Waals surface area contributed by atoms with Gasteiger partial charge in [-0.05, 0) is 51.3 Å². The number of carbonyl (C=O) groups is 1. The van der Waals surface area contributed by atoms with E-state index < -0.39 is 23.1 Å². The van der Waals surface area contributed by atoms with Crippen molar-refractivity contribution in [3.8, 4) is 0 Å². The second kappa shape index (κ2) is 13.2. The first-order valence-electron chi connectivity index (χ1n) is 12.4. The third kappa shape index (κ3) is 6.85. The number of carbonyl (C=O) groups excluding carboxylic acids is 1. The van der Waals surface area contributed by atoms with Crippen molar-refractivity contribution in [1.29, 1.82) is 0 Å². The molecule has 1 unspecified atom stereocenters. The van der Waals surface area contributed by atoms with Crippen LogP contribution in [0.5, 0.6) is 0 Å². The topological polar surface area (TPSA) is 90.8 Å². The highest BCUT2D eigenvalue weighted by Gasteiger charge is 2.33. The zero-order valence-corrected chi connectivity index (χ0v) is 22.8. The summed E-state index contributed by atoms with van der Waals surface area (Å²) in [6.07, 6.45) is 0.864. The summed E-state index contributed by atoms with van der Waals surface area (Å²) < 4.78 is 27.1. The molecule has 8 nitrogen and oxygen atoms in total. The van der Waals surface area contributed by atoms with Crippen LogP contribution in [0.4, 0.5) is 15.8 Å². The first-order valence-corrected chi connectivity index (χ1v) is 12.8. The third-order valence-electron chi connectivity index (χ3n) is 5.42. The van der Waals surface area contributed by atoms with Crippen LogP contribution in [0.2, 0.25) is 5.02 Å². The van der Waals surface area contributed by atoms with Crippen LogP contribution in [-0.2, 0) is 27.3 Å². The van der Waals surface area contributed by atoms with Gasteiger partial charge in [0, 0.05) is 12.2 Å². The molecule has 3 heterocycles. The maximum absolute atomic E-state index is 14.5. The normalized spacial score (nSPS) is 17.3. The van der Waals surface area contributed by atoms with Crippen LogP contribution in [0.15, 0.2) is 23.0 Å². The summed E-state index contributed by atoms with van der Waals surface area (Å²) in [5.41, 5.74) is 3.54. The molecule has 2 aliphatic heterocycles. The standard InChI is InChI=1S/C22H25ClFN3O5.2C2H6/c1-12-6-7-15(14(24)9-12)25-19-17(16-5-4-8-27(16)21(29)18(19)23)20(28)26-31-11-13-10-30-22(2,3)32-13;2*1-2/h6-7,9,13,25H,4-5,8,10-11H2,1-3H3,(H,26,28);2*1-2H3. The van der Waals surface area contributed by atoms with Crippen LogP contribution >= 0.6 is 11.6 Å². The molecule has 2 N–H and O–H groups in total. The van der Waals surface area contributed by atoms with Crippen LogP contribution in [0, 0.1) is 12.7 Å². The van der Waals surface area contributed by atoms with E-state index in [1.807, 2.05) is 27.7 Å². The molecule has 0 spiro atoms. The number of nitrogens with one attached hydrogen (secondary N) is 2. The molecule has 2 aromatic rings. The number of halogens is 2. The number of rotatable bonds is 6. The molecule has 10 heteroatoms. The van der Waals surface area contributed by atoms with Crippen LogP contribution in [0.25, 0.3) is 0 Å². The Labute approximate surface area is 217 Å². The summed E-state index contributed by atoms with van der Waals surface area (Å²) in [7, 11) is 0. The van der Waals surface area contributed by atoms with Crippen LogP contribution < -0.4 is 16.4 Å². The molecule has 0 aliphatic carbocycles. The van der Waals surface area contributed by atoms with Gasteiger partial charge in [0.25, 0.3) is 11.5 Å². The van der Waals surface area contributed by atoms with E-state index in [9.17, 15) is 14.0 Å². The molecule has 1 amide bonds. The number of nitrogens with zero attached hydrogens (tertiary/aromatic N) is 1. The van der Waals surface area contributed by atoms with Gasteiger partial charge in [-0.2, -0.15) is 0 Å². The van der Waals surface area contributed by atoms with Gasteiger partial charge in [-0.3, -0.25) is 14.4 Å². The van der Waals surface area contributed by atoms with Gasteiger partial charge in [0.1, 0.15) is 23.6 Å². The second-order valence-corrected chi connectivity index (χ2v) is 8.75. The van der Waals surface area contributed by atoms with E-state index in [-0.39, 0.29) is 34.7 Å². The van der Waals surface area contributed by atoms with Gasteiger partial charge in [-0.25, -0.2) is 9.87 Å². The second-order valence-electron chi connectivity index (χ2n) is 8.37. The predicted molar refractivity (Wildman–Crippen MR) is 139 cm³/mol. The molecule has 36 heavy (non-hydrogen) atoms. The van der Waals surface area contributed by atoms with Crippen LogP contribution in [0.1, 0.15) is 69.6 Å². The average Bonchev–Trinajstić information content (AvgIpc) is 3.47. The van der Waals surface area contributed by atoms with Gasteiger partial charge in [-0.15, -0.1) is 0 Å². The number of hydrogen-bond donors (Lipinski definition) is 2. The summed E-state index contributed by atoms with van der Waals surface area (Å²) in [6.45, 7) is 14.2.